The molecule has 30 heavy (non-hydrogen) atoms. The minimum atomic E-state index is -0.563. The van der Waals surface area contributed by atoms with Crippen molar-refractivity contribution in [2.45, 2.75) is 19.4 Å². The molecule has 154 valence electrons. The van der Waals surface area contributed by atoms with Crippen molar-refractivity contribution in [1.82, 2.24) is 20.3 Å². The SMILES string of the molecule is COC(C)(C)C#Cc1cccc(-c2csc(NC(=O)CNC(=O)c3cc[nH]c3)n2)n1. The predicted molar refractivity (Wildman–Crippen MR) is 115 cm³/mol. The maximum atomic E-state index is 12.1. The van der Waals surface area contributed by atoms with E-state index in [-0.39, 0.29) is 18.4 Å². The summed E-state index contributed by atoms with van der Waals surface area (Å²) in [5, 5.41) is 7.44. The molecule has 2 amide bonds. The second-order valence-corrected chi connectivity index (χ2v) is 7.60. The molecule has 0 saturated carbocycles. The number of anilines is 1. The fourth-order valence-electron chi connectivity index (χ4n) is 2.25. The Kier molecular flexibility index (Phi) is 6.61. The molecule has 0 aliphatic carbocycles. The molecule has 3 aromatic rings. The van der Waals surface area contributed by atoms with Crippen LogP contribution in [0.2, 0.25) is 0 Å². The lowest BCUT2D eigenvalue weighted by Gasteiger charge is -2.14. The molecule has 0 fully saturated rings. The summed E-state index contributed by atoms with van der Waals surface area (Å²) in [6, 6.07) is 7.11. The first-order valence-corrected chi connectivity index (χ1v) is 9.96. The number of methoxy groups -OCH3 is 1. The van der Waals surface area contributed by atoms with Crippen LogP contribution >= 0.6 is 11.3 Å². The first-order valence-electron chi connectivity index (χ1n) is 9.08. The third-order valence-electron chi connectivity index (χ3n) is 4.03. The molecular weight excluding hydrogens is 402 g/mol. The van der Waals surface area contributed by atoms with Gasteiger partial charge in [0.1, 0.15) is 17.0 Å². The summed E-state index contributed by atoms with van der Waals surface area (Å²) in [6.45, 7) is 3.59. The molecule has 0 aliphatic heterocycles. The summed E-state index contributed by atoms with van der Waals surface area (Å²) in [5.74, 6) is 5.33. The number of carbonyl (C=O) groups is 2. The van der Waals surface area contributed by atoms with E-state index in [0.29, 0.717) is 27.8 Å². The van der Waals surface area contributed by atoms with Crippen LogP contribution in [0.1, 0.15) is 29.9 Å². The number of nitrogens with one attached hydrogen (secondary N) is 3. The molecule has 0 bridgehead atoms. The number of H-pyrrole nitrogens is 1. The fraction of sp³-hybridized carbons (Fsp3) is 0.238. The molecule has 0 unspecified atom stereocenters. The average Bonchev–Trinajstić information content (AvgIpc) is 3.43. The molecule has 0 radical (unpaired) electrons. The van der Waals surface area contributed by atoms with Crippen LogP contribution in [0.3, 0.4) is 0 Å². The van der Waals surface area contributed by atoms with E-state index in [1.54, 1.807) is 30.9 Å². The zero-order valence-electron chi connectivity index (χ0n) is 16.8. The summed E-state index contributed by atoms with van der Waals surface area (Å²) in [4.78, 5) is 35.6. The van der Waals surface area contributed by atoms with Gasteiger partial charge in [0.2, 0.25) is 5.91 Å². The first-order chi connectivity index (χ1) is 14.4. The van der Waals surface area contributed by atoms with Crippen molar-refractivity contribution in [2.24, 2.45) is 0 Å². The number of aromatic amines is 1. The number of hydrogen-bond acceptors (Lipinski definition) is 6. The van der Waals surface area contributed by atoms with E-state index < -0.39 is 5.60 Å². The Hall–Kier alpha value is -3.48. The van der Waals surface area contributed by atoms with Gasteiger partial charge in [-0.2, -0.15) is 0 Å². The Morgan fingerprint density at radius 3 is 2.80 bits per heavy atom. The zero-order chi connectivity index (χ0) is 21.6. The number of ether oxygens (including phenoxy) is 1. The number of carbonyl (C=O) groups excluding carboxylic acids is 2. The lowest BCUT2D eigenvalue weighted by molar-refractivity contribution is -0.115. The Bertz CT molecular complexity index is 1090. The van der Waals surface area contributed by atoms with Crippen molar-refractivity contribution >= 4 is 28.3 Å². The van der Waals surface area contributed by atoms with Crippen molar-refractivity contribution in [1.29, 1.82) is 0 Å². The van der Waals surface area contributed by atoms with Crippen LogP contribution < -0.4 is 10.6 Å². The van der Waals surface area contributed by atoms with Crippen molar-refractivity contribution in [3.63, 3.8) is 0 Å². The lowest BCUT2D eigenvalue weighted by atomic mass is 10.1. The predicted octanol–water partition coefficient (Wildman–Crippen LogP) is 2.68. The van der Waals surface area contributed by atoms with Crippen LogP contribution in [0.5, 0.6) is 0 Å². The Morgan fingerprint density at radius 1 is 1.23 bits per heavy atom. The molecule has 0 aromatic carbocycles. The van der Waals surface area contributed by atoms with Crippen molar-refractivity contribution in [2.75, 3.05) is 19.0 Å². The summed E-state index contributed by atoms with van der Waals surface area (Å²) in [6.07, 6.45) is 3.20. The van der Waals surface area contributed by atoms with Crippen LogP contribution in [-0.4, -0.2) is 46.0 Å². The highest BCUT2D eigenvalue weighted by Gasteiger charge is 2.13. The number of rotatable bonds is 6. The smallest absolute Gasteiger partial charge is 0.253 e. The van der Waals surface area contributed by atoms with E-state index in [0.717, 1.165) is 0 Å². The van der Waals surface area contributed by atoms with Gasteiger partial charge in [0.15, 0.2) is 5.13 Å². The quantitative estimate of drug-likeness (QED) is 0.528. The summed E-state index contributed by atoms with van der Waals surface area (Å²) >= 11 is 1.28. The van der Waals surface area contributed by atoms with Gasteiger partial charge in [-0.3, -0.25) is 9.59 Å². The van der Waals surface area contributed by atoms with Crippen molar-refractivity contribution in [3.05, 3.63) is 53.3 Å². The van der Waals surface area contributed by atoms with Crippen LogP contribution in [-0.2, 0) is 9.53 Å². The number of thiazole rings is 1. The van der Waals surface area contributed by atoms with E-state index in [4.69, 9.17) is 4.74 Å². The minimum Gasteiger partial charge on any atom is -0.367 e. The molecular formula is C21H21N5O3S. The summed E-state index contributed by atoms with van der Waals surface area (Å²) < 4.78 is 5.29. The maximum absolute atomic E-state index is 12.1. The molecule has 0 atom stereocenters. The summed E-state index contributed by atoms with van der Waals surface area (Å²) in [5.41, 5.74) is 1.77. The van der Waals surface area contributed by atoms with Gasteiger partial charge in [0, 0.05) is 24.9 Å². The number of hydrogen-bond donors (Lipinski definition) is 3. The van der Waals surface area contributed by atoms with Gasteiger partial charge in [0.25, 0.3) is 5.91 Å². The van der Waals surface area contributed by atoms with Crippen LogP contribution in [0.25, 0.3) is 11.4 Å². The Labute approximate surface area is 178 Å². The number of nitrogens with zero attached hydrogens (tertiary/aromatic N) is 2. The fourth-order valence-corrected chi connectivity index (χ4v) is 2.97. The topological polar surface area (TPSA) is 109 Å². The molecule has 0 spiro atoms. The largest absolute Gasteiger partial charge is 0.367 e. The van der Waals surface area contributed by atoms with Gasteiger partial charge in [-0.1, -0.05) is 12.0 Å². The van der Waals surface area contributed by atoms with Crippen molar-refractivity contribution < 1.29 is 14.3 Å². The van der Waals surface area contributed by atoms with E-state index in [9.17, 15) is 9.59 Å². The van der Waals surface area contributed by atoms with Crippen LogP contribution in [0, 0.1) is 11.8 Å². The molecule has 8 nitrogen and oxygen atoms in total. The zero-order valence-corrected chi connectivity index (χ0v) is 17.6. The normalized spacial score (nSPS) is 10.8. The van der Waals surface area contributed by atoms with Crippen LogP contribution in [0.4, 0.5) is 5.13 Å². The van der Waals surface area contributed by atoms with Gasteiger partial charge >= 0.3 is 0 Å². The van der Waals surface area contributed by atoms with E-state index in [1.807, 2.05) is 32.0 Å². The van der Waals surface area contributed by atoms with Gasteiger partial charge in [-0.05, 0) is 38.0 Å². The van der Waals surface area contributed by atoms with Crippen LogP contribution in [0.15, 0.2) is 42.0 Å². The molecule has 0 saturated heterocycles. The highest BCUT2D eigenvalue weighted by molar-refractivity contribution is 7.14. The maximum Gasteiger partial charge on any atom is 0.253 e. The molecule has 3 rings (SSSR count). The lowest BCUT2D eigenvalue weighted by Crippen LogP contribution is -2.32. The molecule has 9 heteroatoms. The van der Waals surface area contributed by atoms with Gasteiger partial charge in [-0.15, -0.1) is 11.3 Å². The Balaban J connectivity index is 1.61. The number of amides is 2. The highest BCUT2D eigenvalue weighted by atomic mass is 32.1. The van der Waals surface area contributed by atoms with Gasteiger partial charge < -0.3 is 20.4 Å². The van der Waals surface area contributed by atoms with Crippen molar-refractivity contribution in [3.8, 4) is 23.2 Å². The van der Waals surface area contributed by atoms with E-state index in [1.165, 1.54) is 11.3 Å². The number of aromatic nitrogens is 3. The monoisotopic (exact) mass is 423 g/mol. The molecule has 0 aliphatic rings. The molecule has 3 aromatic heterocycles. The third kappa shape index (κ3) is 5.76. The molecule has 3 heterocycles. The third-order valence-corrected chi connectivity index (χ3v) is 4.79. The van der Waals surface area contributed by atoms with Gasteiger partial charge in [0.05, 0.1) is 17.8 Å². The second kappa shape index (κ2) is 9.35. The molecule has 3 N–H and O–H groups in total. The van der Waals surface area contributed by atoms with E-state index in [2.05, 4.69) is 37.4 Å². The van der Waals surface area contributed by atoms with Gasteiger partial charge in [-0.25, -0.2) is 9.97 Å². The summed E-state index contributed by atoms with van der Waals surface area (Å²) in [7, 11) is 1.61. The Morgan fingerprint density at radius 2 is 2.07 bits per heavy atom. The second-order valence-electron chi connectivity index (χ2n) is 6.74. The minimum absolute atomic E-state index is 0.155. The standard InChI is InChI=1S/C21H21N5O3S/c1-21(2,29-3)9-7-15-5-4-6-16(24-15)17-13-30-20(25-17)26-18(27)12-23-19(28)14-8-10-22-11-14/h4-6,8,10-11,13,22H,12H2,1-3H3,(H,23,28)(H,25,26,27). The van der Waals surface area contributed by atoms with E-state index >= 15 is 0 Å². The number of pyridine rings is 1. The first kappa shape index (κ1) is 21.2. The highest BCUT2D eigenvalue weighted by Crippen LogP contribution is 2.23. The average molecular weight is 423 g/mol.